The van der Waals surface area contributed by atoms with Crippen LogP contribution in [-0.4, -0.2) is 20.8 Å². The van der Waals surface area contributed by atoms with Crippen molar-refractivity contribution in [1.82, 2.24) is 0 Å². The van der Waals surface area contributed by atoms with Crippen LogP contribution in [0.15, 0.2) is 36.4 Å². The van der Waals surface area contributed by atoms with E-state index in [1.54, 1.807) is 11.8 Å². The lowest BCUT2D eigenvalue weighted by atomic mass is 9.91. The maximum atomic E-state index is 12.5. The first-order chi connectivity index (χ1) is 9.81. The predicted molar refractivity (Wildman–Crippen MR) is 92.4 cm³/mol. The summed E-state index contributed by atoms with van der Waals surface area (Å²) in [6, 6.07) is 10.2. The van der Waals surface area contributed by atoms with Crippen molar-refractivity contribution in [1.29, 1.82) is 0 Å². The Kier molecular flexibility index (Phi) is 6.88. The number of rotatable bonds is 6. The topological polar surface area (TPSA) is 17.1 Å². The first kappa shape index (κ1) is 15.8. The van der Waals surface area contributed by atoms with E-state index in [-0.39, 0.29) is 0 Å². The summed E-state index contributed by atoms with van der Waals surface area (Å²) in [4.78, 5) is 0. The second-order valence-electron chi connectivity index (χ2n) is 5.36. The van der Waals surface area contributed by atoms with Gasteiger partial charge >= 0.3 is 0 Å². The summed E-state index contributed by atoms with van der Waals surface area (Å²) in [6.07, 6.45) is 12.8. The molecule has 1 fully saturated rings. The Labute approximate surface area is 129 Å². The summed E-state index contributed by atoms with van der Waals surface area (Å²) in [5.41, 5.74) is 1.18. The maximum absolute atomic E-state index is 12.5. The van der Waals surface area contributed by atoms with E-state index >= 15 is 0 Å². The van der Waals surface area contributed by atoms with Gasteiger partial charge in [-0.3, -0.25) is 4.21 Å². The molecule has 1 aliphatic rings. The standard InChI is InChI=1S/C17H24OS2/c1-19-17(16-12-6-3-7-13-16)20(18)14-8-11-15-9-4-2-5-10-15/h2,4-5,8-11,16-17H,3,6-7,12-14H2,1H3/b11-8+. The average molecular weight is 309 g/mol. The summed E-state index contributed by atoms with van der Waals surface area (Å²) >= 11 is 1.80. The number of benzene rings is 1. The molecule has 1 aromatic carbocycles. The van der Waals surface area contributed by atoms with Gasteiger partial charge in [0.25, 0.3) is 0 Å². The van der Waals surface area contributed by atoms with Crippen molar-refractivity contribution in [3.8, 4) is 0 Å². The van der Waals surface area contributed by atoms with Gasteiger partial charge in [0.15, 0.2) is 0 Å². The van der Waals surface area contributed by atoms with Gasteiger partial charge in [-0.25, -0.2) is 0 Å². The first-order valence-electron chi connectivity index (χ1n) is 7.43. The monoisotopic (exact) mass is 308 g/mol. The molecule has 0 spiro atoms. The largest absolute Gasteiger partial charge is 0.258 e. The minimum atomic E-state index is -0.753. The Balaban J connectivity index is 1.87. The quantitative estimate of drug-likeness (QED) is 0.756. The fourth-order valence-electron chi connectivity index (χ4n) is 2.86. The van der Waals surface area contributed by atoms with Crippen molar-refractivity contribution < 1.29 is 4.21 Å². The predicted octanol–water partition coefficient (Wildman–Crippen LogP) is 4.72. The van der Waals surface area contributed by atoms with Gasteiger partial charge in [-0.05, 0) is 30.6 Å². The lowest BCUT2D eigenvalue weighted by molar-refractivity contribution is 0.378. The summed E-state index contributed by atoms with van der Waals surface area (Å²) in [6.45, 7) is 0. The highest BCUT2D eigenvalue weighted by Gasteiger charge is 2.26. The van der Waals surface area contributed by atoms with Gasteiger partial charge in [0, 0.05) is 16.6 Å². The molecule has 1 aromatic rings. The third kappa shape index (κ3) is 4.78. The minimum absolute atomic E-state index is 0.315. The average Bonchev–Trinajstić information content (AvgIpc) is 2.50. The van der Waals surface area contributed by atoms with Crippen LogP contribution < -0.4 is 0 Å². The Morgan fingerprint density at radius 2 is 1.95 bits per heavy atom. The summed E-state index contributed by atoms with van der Waals surface area (Å²) in [7, 11) is -0.753. The molecule has 110 valence electrons. The van der Waals surface area contributed by atoms with Gasteiger partial charge in [-0.1, -0.05) is 61.7 Å². The second kappa shape index (κ2) is 8.68. The molecule has 2 atom stereocenters. The molecule has 20 heavy (non-hydrogen) atoms. The van der Waals surface area contributed by atoms with Gasteiger partial charge in [-0.15, -0.1) is 11.8 Å². The van der Waals surface area contributed by atoms with E-state index in [1.807, 2.05) is 18.2 Å². The highest BCUT2D eigenvalue weighted by Crippen LogP contribution is 2.33. The van der Waals surface area contributed by atoms with Crippen LogP contribution in [-0.2, 0) is 10.8 Å². The Morgan fingerprint density at radius 1 is 1.25 bits per heavy atom. The number of hydrogen-bond donors (Lipinski definition) is 0. The van der Waals surface area contributed by atoms with Gasteiger partial charge < -0.3 is 0 Å². The summed E-state index contributed by atoms with van der Waals surface area (Å²) < 4.78 is 12.8. The van der Waals surface area contributed by atoms with Gasteiger partial charge in [0.1, 0.15) is 0 Å². The molecule has 0 saturated heterocycles. The van der Waals surface area contributed by atoms with Crippen LogP contribution in [0.2, 0.25) is 0 Å². The highest BCUT2D eigenvalue weighted by atomic mass is 32.2. The van der Waals surface area contributed by atoms with E-state index in [2.05, 4.69) is 30.5 Å². The third-order valence-corrected chi connectivity index (χ3v) is 7.39. The number of thioether (sulfide) groups is 1. The van der Waals surface area contributed by atoms with Crippen LogP contribution in [0.4, 0.5) is 0 Å². The Bertz CT molecular complexity index is 436. The van der Waals surface area contributed by atoms with Crippen LogP contribution >= 0.6 is 11.8 Å². The molecule has 0 N–H and O–H groups in total. The van der Waals surface area contributed by atoms with Gasteiger partial charge in [0.05, 0.1) is 4.58 Å². The van der Waals surface area contributed by atoms with Crippen LogP contribution in [0.1, 0.15) is 37.7 Å². The van der Waals surface area contributed by atoms with Crippen molar-refractivity contribution in [3.63, 3.8) is 0 Å². The van der Waals surface area contributed by atoms with Gasteiger partial charge in [0.2, 0.25) is 0 Å². The van der Waals surface area contributed by atoms with Crippen molar-refractivity contribution in [2.24, 2.45) is 5.92 Å². The third-order valence-electron chi connectivity index (χ3n) is 3.90. The Hall–Kier alpha value is -0.540. The van der Waals surface area contributed by atoms with Crippen LogP contribution in [0.25, 0.3) is 6.08 Å². The molecule has 0 amide bonds. The van der Waals surface area contributed by atoms with Crippen molar-refractivity contribution in [2.75, 3.05) is 12.0 Å². The fraction of sp³-hybridized carbons (Fsp3) is 0.529. The van der Waals surface area contributed by atoms with E-state index in [0.717, 1.165) is 0 Å². The van der Waals surface area contributed by atoms with Crippen molar-refractivity contribution in [3.05, 3.63) is 42.0 Å². The van der Waals surface area contributed by atoms with E-state index in [0.29, 0.717) is 16.3 Å². The molecule has 1 nitrogen and oxygen atoms in total. The molecule has 3 heteroatoms. The molecule has 2 rings (SSSR count). The second-order valence-corrected chi connectivity index (χ2v) is 8.24. The zero-order chi connectivity index (χ0) is 14.2. The van der Waals surface area contributed by atoms with E-state index in [1.165, 1.54) is 37.7 Å². The lowest BCUT2D eigenvalue weighted by Crippen LogP contribution is -2.25. The van der Waals surface area contributed by atoms with Crippen LogP contribution in [0, 0.1) is 5.92 Å². The first-order valence-corrected chi connectivity index (χ1v) is 10.1. The molecule has 0 aromatic heterocycles. The minimum Gasteiger partial charge on any atom is -0.258 e. The molecule has 0 aliphatic heterocycles. The maximum Gasteiger partial charge on any atom is 0.0829 e. The molecule has 1 aliphatic carbocycles. The van der Waals surface area contributed by atoms with Gasteiger partial charge in [-0.2, -0.15) is 0 Å². The fourth-order valence-corrected chi connectivity index (χ4v) is 5.79. The van der Waals surface area contributed by atoms with E-state index in [9.17, 15) is 4.21 Å². The molecular weight excluding hydrogens is 284 g/mol. The van der Waals surface area contributed by atoms with Crippen LogP contribution in [0.5, 0.6) is 0 Å². The molecule has 0 bridgehead atoms. The lowest BCUT2D eigenvalue weighted by Gasteiger charge is -2.28. The van der Waals surface area contributed by atoms with Crippen molar-refractivity contribution in [2.45, 2.75) is 36.7 Å². The summed E-state index contributed by atoms with van der Waals surface area (Å²) in [5.74, 6) is 1.33. The molecular formula is C17H24OS2. The highest BCUT2D eigenvalue weighted by molar-refractivity contribution is 8.10. The Morgan fingerprint density at radius 3 is 2.60 bits per heavy atom. The SMILES string of the molecule is CSC(C1CCCCC1)S(=O)C/C=C/c1ccccc1. The zero-order valence-electron chi connectivity index (χ0n) is 12.2. The molecule has 0 heterocycles. The van der Waals surface area contributed by atoms with Crippen LogP contribution in [0.3, 0.4) is 0 Å². The molecule has 0 radical (unpaired) electrons. The van der Waals surface area contributed by atoms with E-state index in [4.69, 9.17) is 0 Å². The summed E-state index contributed by atoms with van der Waals surface area (Å²) in [5, 5.41) is 0. The molecule has 2 unspecified atom stereocenters. The van der Waals surface area contributed by atoms with E-state index < -0.39 is 10.8 Å². The zero-order valence-corrected chi connectivity index (χ0v) is 13.8. The van der Waals surface area contributed by atoms with Crippen molar-refractivity contribution >= 4 is 28.6 Å². The number of hydrogen-bond acceptors (Lipinski definition) is 2. The normalized spacial score (nSPS) is 20.1. The molecule has 1 saturated carbocycles. The smallest absolute Gasteiger partial charge is 0.0829 e.